The molecule has 2 aromatic rings. The maximum Gasteiger partial charge on any atom is 0.226 e. The van der Waals surface area contributed by atoms with Gasteiger partial charge < -0.3 is 14.5 Å². The van der Waals surface area contributed by atoms with Gasteiger partial charge in [-0.25, -0.2) is 9.97 Å². The van der Waals surface area contributed by atoms with Crippen LogP contribution in [0.1, 0.15) is 37.7 Å². The normalized spacial score (nSPS) is 14.5. The summed E-state index contributed by atoms with van der Waals surface area (Å²) in [7, 11) is 0. The van der Waals surface area contributed by atoms with Crippen LogP contribution >= 0.6 is 11.6 Å². The van der Waals surface area contributed by atoms with Crippen LogP contribution in [0.4, 0.5) is 5.82 Å². The summed E-state index contributed by atoms with van der Waals surface area (Å²) in [6, 6.07) is 9.18. The fourth-order valence-corrected chi connectivity index (χ4v) is 3.25. The fraction of sp³-hybridized carbons (Fsp3) is 0.476. The number of anilines is 1. The Kier molecular flexibility index (Phi) is 6.73. The van der Waals surface area contributed by atoms with Crippen LogP contribution in [-0.4, -0.2) is 53.6 Å². The van der Waals surface area contributed by atoms with Gasteiger partial charge in [0.2, 0.25) is 5.91 Å². The average molecular weight is 403 g/mol. The van der Waals surface area contributed by atoms with Crippen molar-refractivity contribution < 1.29 is 9.53 Å². The minimum atomic E-state index is 0.121. The van der Waals surface area contributed by atoms with Crippen molar-refractivity contribution in [3.63, 3.8) is 0 Å². The zero-order valence-corrected chi connectivity index (χ0v) is 17.4. The van der Waals surface area contributed by atoms with Gasteiger partial charge in [0.05, 0.1) is 13.0 Å². The van der Waals surface area contributed by atoms with E-state index in [0.717, 1.165) is 36.2 Å². The standard InChI is InChI=1S/C21H27ClN4O2/c1-15(2)21-23-16(3)14-19(24-21)25-9-11-26(12-10-25)20(27)8-13-28-18-6-4-17(22)5-7-18/h4-7,14-15H,8-13H2,1-3H3. The molecule has 150 valence electrons. The van der Waals surface area contributed by atoms with Crippen molar-refractivity contribution in [2.75, 3.05) is 37.7 Å². The second-order valence-electron chi connectivity index (χ2n) is 7.30. The quantitative estimate of drug-likeness (QED) is 0.737. The zero-order chi connectivity index (χ0) is 20.1. The van der Waals surface area contributed by atoms with E-state index < -0.39 is 0 Å². The van der Waals surface area contributed by atoms with Gasteiger partial charge in [0.1, 0.15) is 17.4 Å². The van der Waals surface area contributed by atoms with Crippen molar-refractivity contribution in [2.24, 2.45) is 0 Å². The van der Waals surface area contributed by atoms with Crippen LogP contribution in [0.25, 0.3) is 0 Å². The molecule has 0 radical (unpaired) electrons. The molecule has 0 aliphatic carbocycles. The lowest BCUT2D eigenvalue weighted by Crippen LogP contribution is -2.49. The summed E-state index contributed by atoms with van der Waals surface area (Å²) in [5.74, 6) is 2.96. The Morgan fingerprint density at radius 2 is 1.82 bits per heavy atom. The predicted molar refractivity (Wildman–Crippen MR) is 111 cm³/mol. The number of nitrogens with zero attached hydrogens (tertiary/aromatic N) is 4. The Labute approximate surface area is 171 Å². The Hall–Kier alpha value is -2.34. The first-order valence-corrected chi connectivity index (χ1v) is 10.1. The van der Waals surface area contributed by atoms with Gasteiger partial charge >= 0.3 is 0 Å². The van der Waals surface area contributed by atoms with Crippen molar-refractivity contribution in [3.8, 4) is 5.75 Å². The molecule has 3 rings (SSSR count). The number of piperazine rings is 1. The number of amides is 1. The minimum Gasteiger partial charge on any atom is -0.493 e. The topological polar surface area (TPSA) is 58.6 Å². The van der Waals surface area contributed by atoms with Crippen molar-refractivity contribution >= 4 is 23.3 Å². The van der Waals surface area contributed by atoms with Gasteiger partial charge in [0.25, 0.3) is 0 Å². The van der Waals surface area contributed by atoms with Crippen LogP contribution in [0.3, 0.4) is 0 Å². The van der Waals surface area contributed by atoms with E-state index in [1.54, 1.807) is 24.3 Å². The van der Waals surface area contributed by atoms with Gasteiger partial charge in [0.15, 0.2) is 0 Å². The van der Waals surface area contributed by atoms with Gasteiger partial charge in [-0.3, -0.25) is 4.79 Å². The second kappa shape index (κ2) is 9.24. The number of aromatic nitrogens is 2. The SMILES string of the molecule is Cc1cc(N2CCN(C(=O)CCOc3ccc(Cl)cc3)CC2)nc(C(C)C)n1. The lowest BCUT2D eigenvalue weighted by atomic mass is 10.2. The fourth-order valence-electron chi connectivity index (χ4n) is 3.12. The molecule has 1 aromatic carbocycles. The predicted octanol–water partition coefficient (Wildman–Crippen LogP) is 3.68. The van der Waals surface area contributed by atoms with Crippen molar-refractivity contribution in [1.29, 1.82) is 0 Å². The van der Waals surface area contributed by atoms with Gasteiger partial charge in [0, 0.05) is 48.9 Å². The average Bonchev–Trinajstić information content (AvgIpc) is 2.69. The highest BCUT2D eigenvalue weighted by Gasteiger charge is 2.22. The molecule has 28 heavy (non-hydrogen) atoms. The Morgan fingerprint density at radius 1 is 1.14 bits per heavy atom. The largest absolute Gasteiger partial charge is 0.493 e. The summed E-state index contributed by atoms with van der Waals surface area (Å²) in [6.45, 7) is 9.50. The molecule has 1 amide bonds. The second-order valence-corrected chi connectivity index (χ2v) is 7.74. The van der Waals surface area contributed by atoms with Crippen molar-refractivity contribution in [2.45, 2.75) is 33.1 Å². The lowest BCUT2D eigenvalue weighted by Gasteiger charge is -2.35. The molecule has 0 unspecified atom stereocenters. The van der Waals surface area contributed by atoms with Crippen molar-refractivity contribution in [1.82, 2.24) is 14.9 Å². The van der Waals surface area contributed by atoms with E-state index in [4.69, 9.17) is 21.3 Å². The van der Waals surface area contributed by atoms with E-state index in [1.807, 2.05) is 17.9 Å². The maximum absolute atomic E-state index is 12.5. The van der Waals surface area contributed by atoms with E-state index in [2.05, 4.69) is 23.7 Å². The Bertz CT molecular complexity index is 803. The van der Waals surface area contributed by atoms with Gasteiger partial charge in [-0.05, 0) is 31.2 Å². The summed E-state index contributed by atoms with van der Waals surface area (Å²) in [5.41, 5.74) is 0.978. The lowest BCUT2D eigenvalue weighted by molar-refractivity contribution is -0.132. The first kappa shape index (κ1) is 20.4. The van der Waals surface area contributed by atoms with Gasteiger partial charge in [-0.15, -0.1) is 0 Å². The molecule has 0 spiro atoms. The summed E-state index contributed by atoms with van der Waals surface area (Å²) < 4.78 is 5.63. The molecule has 0 saturated carbocycles. The van der Waals surface area contributed by atoms with E-state index >= 15 is 0 Å². The Balaban J connectivity index is 1.48. The first-order valence-electron chi connectivity index (χ1n) is 9.69. The number of benzene rings is 1. The Morgan fingerprint density at radius 3 is 2.46 bits per heavy atom. The molecular weight excluding hydrogens is 376 g/mol. The first-order chi connectivity index (χ1) is 13.4. The number of hydrogen-bond acceptors (Lipinski definition) is 5. The number of rotatable bonds is 6. The van der Waals surface area contributed by atoms with Crippen LogP contribution in [0.5, 0.6) is 5.75 Å². The smallest absolute Gasteiger partial charge is 0.226 e. The van der Waals surface area contributed by atoms with E-state index in [-0.39, 0.29) is 5.91 Å². The molecule has 2 heterocycles. The maximum atomic E-state index is 12.5. The molecule has 6 nitrogen and oxygen atoms in total. The van der Waals surface area contributed by atoms with Crippen LogP contribution in [0.15, 0.2) is 30.3 Å². The van der Waals surface area contributed by atoms with Gasteiger partial charge in [-0.1, -0.05) is 25.4 Å². The molecule has 1 aromatic heterocycles. The molecule has 1 saturated heterocycles. The summed E-state index contributed by atoms with van der Waals surface area (Å²) >= 11 is 5.86. The number of halogens is 1. The van der Waals surface area contributed by atoms with Crippen LogP contribution < -0.4 is 9.64 Å². The number of carbonyl (C=O) groups excluding carboxylic acids is 1. The molecule has 7 heteroatoms. The molecular formula is C21H27ClN4O2. The number of ether oxygens (including phenoxy) is 1. The third-order valence-corrected chi connectivity index (χ3v) is 4.98. The van der Waals surface area contributed by atoms with Gasteiger partial charge in [-0.2, -0.15) is 0 Å². The van der Waals surface area contributed by atoms with Crippen molar-refractivity contribution in [3.05, 3.63) is 46.9 Å². The number of aryl methyl sites for hydroxylation is 1. The molecule has 0 bridgehead atoms. The van der Waals surface area contributed by atoms with E-state index in [1.165, 1.54) is 0 Å². The molecule has 1 aliphatic rings. The molecule has 1 fully saturated rings. The van der Waals surface area contributed by atoms with E-state index in [0.29, 0.717) is 37.1 Å². The molecule has 0 N–H and O–H groups in total. The third-order valence-electron chi connectivity index (χ3n) is 4.73. The zero-order valence-electron chi connectivity index (χ0n) is 16.7. The third kappa shape index (κ3) is 5.35. The number of hydrogen-bond donors (Lipinski definition) is 0. The minimum absolute atomic E-state index is 0.121. The molecule has 1 aliphatic heterocycles. The highest BCUT2D eigenvalue weighted by atomic mass is 35.5. The van der Waals surface area contributed by atoms with Crippen LogP contribution in [0, 0.1) is 6.92 Å². The van der Waals surface area contributed by atoms with Crippen LogP contribution in [0.2, 0.25) is 5.02 Å². The highest BCUT2D eigenvalue weighted by molar-refractivity contribution is 6.30. The molecule has 0 atom stereocenters. The van der Waals surface area contributed by atoms with E-state index in [9.17, 15) is 4.79 Å². The monoisotopic (exact) mass is 402 g/mol. The van der Waals surface area contributed by atoms with Crippen LogP contribution in [-0.2, 0) is 4.79 Å². The highest BCUT2D eigenvalue weighted by Crippen LogP contribution is 2.19. The number of carbonyl (C=O) groups is 1. The summed E-state index contributed by atoms with van der Waals surface area (Å²) in [6.07, 6.45) is 0.368. The summed E-state index contributed by atoms with van der Waals surface area (Å²) in [5, 5.41) is 0.667. The summed E-state index contributed by atoms with van der Waals surface area (Å²) in [4.78, 5) is 25.8.